The van der Waals surface area contributed by atoms with Crippen molar-refractivity contribution in [1.29, 1.82) is 0 Å². The quantitative estimate of drug-likeness (QED) is 0.883. The van der Waals surface area contributed by atoms with Crippen LogP contribution in [0.15, 0.2) is 36.4 Å². The van der Waals surface area contributed by atoms with E-state index in [1.165, 1.54) is 44.2 Å². The fourth-order valence-corrected chi connectivity index (χ4v) is 3.52. The van der Waals surface area contributed by atoms with Crippen LogP contribution in [-0.2, 0) is 13.0 Å². The van der Waals surface area contributed by atoms with Gasteiger partial charge in [-0.2, -0.15) is 0 Å². The zero-order chi connectivity index (χ0) is 16.2. The maximum Gasteiger partial charge on any atom is 0.352 e. The second kappa shape index (κ2) is 6.99. The van der Waals surface area contributed by atoms with Crippen molar-refractivity contribution in [2.75, 3.05) is 0 Å². The smallest absolute Gasteiger partial charge is 0.352 e. The van der Waals surface area contributed by atoms with Crippen LogP contribution in [0.1, 0.15) is 53.8 Å². The van der Waals surface area contributed by atoms with E-state index < -0.39 is 5.97 Å². The molecule has 0 saturated heterocycles. The number of halogens is 1. The Morgan fingerprint density at radius 3 is 2.43 bits per heavy atom. The van der Waals surface area contributed by atoms with Gasteiger partial charge in [-0.3, -0.25) is 0 Å². The molecule has 2 aromatic rings. The minimum Gasteiger partial charge on any atom is -0.477 e. The number of aromatic nitrogens is 1. The molecule has 23 heavy (non-hydrogen) atoms. The summed E-state index contributed by atoms with van der Waals surface area (Å²) in [5, 5.41) is 9.43. The Morgan fingerprint density at radius 2 is 1.78 bits per heavy atom. The van der Waals surface area contributed by atoms with E-state index in [2.05, 4.69) is 0 Å². The molecule has 1 aliphatic carbocycles. The van der Waals surface area contributed by atoms with E-state index in [0.717, 1.165) is 17.7 Å². The molecule has 0 amide bonds. The fraction of sp³-hybridized carbons (Fsp3) is 0.421. The lowest BCUT2D eigenvalue weighted by molar-refractivity contribution is 0.0685. The first-order valence-corrected chi connectivity index (χ1v) is 8.29. The number of carboxylic acid groups (broad SMARTS) is 1. The summed E-state index contributed by atoms with van der Waals surface area (Å²) in [5.41, 5.74) is 2.29. The molecule has 122 valence electrons. The Bertz CT molecular complexity index is 669. The normalized spacial score (nSPS) is 15.7. The highest BCUT2D eigenvalue weighted by Crippen LogP contribution is 2.28. The van der Waals surface area contributed by atoms with Gasteiger partial charge in [-0.05, 0) is 42.2 Å². The van der Waals surface area contributed by atoms with Crippen molar-refractivity contribution >= 4 is 5.97 Å². The Morgan fingerprint density at radius 1 is 1.09 bits per heavy atom. The molecule has 0 aliphatic heterocycles. The molecule has 3 rings (SSSR count). The third-order valence-corrected chi connectivity index (χ3v) is 4.77. The van der Waals surface area contributed by atoms with Gasteiger partial charge in [0.05, 0.1) is 0 Å². The topological polar surface area (TPSA) is 42.2 Å². The van der Waals surface area contributed by atoms with Gasteiger partial charge < -0.3 is 9.67 Å². The number of benzene rings is 1. The van der Waals surface area contributed by atoms with E-state index in [0.29, 0.717) is 18.2 Å². The van der Waals surface area contributed by atoms with Crippen LogP contribution in [0.5, 0.6) is 0 Å². The second-order valence-corrected chi connectivity index (χ2v) is 6.44. The van der Waals surface area contributed by atoms with E-state index in [1.54, 1.807) is 18.2 Å². The van der Waals surface area contributed by atoms with Crippen molar-refractivity contribution in [3.8, 4) is 0 Å². The van der Waals surface area contributed by atoms with Crippen LogP contribution < -0.4 is 0 Å². The number of aromatic carboxylic acids is 1. The predicted molar refractivity (Wildman–Crippen MR) is 87.2 cm³/mol. The monoisotopic (exact) mass is 315 g/mol. The molecule has 0 atom stereocenters. The molecule has 0 spiro atoms. The first kappa shape index (κ1) is 15.8. The Balaban J connectivity index is 1.84. The average molecular weight is 315 g/mol. The van der Waals surface area contributed by atoms with Gasteiger partial charge in [0.15, 0.2) is 0 Å². The van der Waals surface area contributed by atoms with Crippen molar-refractivity contribution < 1.29 is 14.3 Å². The standard InChI is InChI=1S/C19H22FNO2/c20-16-8-6-15(7-9-16)13-21-17(10-11-18(21)19(22)23)12-14-4-2-1-3-5-14/h6-11,14H,1-5,12-13H2,(H,22,23). The molecule has 0 bridgehead atoms. The van der Waals surface area contributed by atoms with E-state index >= 15 is 0 Å². The van der Waals surface area contributed by atoms with Crippen LogP contribution in [-0.4, -0.2) is 15.6 Å². The van der Waals surface area contributed by atoms with Gasteiger partial charge in [-0.15, -0.1) is 0 Å². The molecule has 1 aromatic heterocycles. The molecular weight excluding hydrogens is 293 g/mol. The highest BCUT2D eigenvalue weighted by atomic mass is 19.1. The van der Waals surface area contributed by atoms with Crippen LogP contribution >= 0.6 is 0 Å². The Labute approximate surface area is 135 Å². The fourth-order valence-electron chi connectivity index (χ4n) is 3.52. The molecule has 1 heterocycles. The molecular formula is C19H22FNO2. The van der Waals surface area contributed by atoms with E-state index in [1.807, 2.05) is 10.6 Å². The molecule has 4 heteroatoms. The van der Waals surface area contributed by atoms with Crippen LogP contribution in [0.4, 0.5) is 4.39 Å². The number of rotatable bonds is 5. The van der Waals surface area contributed by atoms with Gasteiger partial charge in [-0.1, -0.05) is 44.2 Å². The summed E-state index contributed by atoms with van der Waals surface area (Å²) in [7, 11) is 0. The summed E-state index contributed by atoms with van der Waals surface area (Å²) >= 11 is 0. The maximum atomic E-state index is 13.1. The van der Waals surface area contributed by atoms with Crippen LogP contribution in [0.3, 0.4) is 0 Å². The summed E-state index contributed by atoms with van der Waals surface area (Å²) in [5.74, 6) is -0.545. The third-order valence-electron chi connectivity index (χ3n) is 4.77. The predicted octanol–water partition coefficient (Wildman–Crippen LogP) is 4.50. The summed E-state index contributed by atoms with van der Waals surface area (Å²) < 4.78 is 14.9. The number of carboxylic acids is 1. The zero-order valence-electron chi connectivity index (χ0n) is 13.2. The number of hydrogen-bond donors (Lipinski definition) is 1. The van der Waals surface area contributed by atoms with Crippen LogP contribution in [0.2, 0.25) is 0 Å². The number of hydrogen-bond acceptors (Lipinski definition) is 1. The second-order valence-electron chi connectivity index (χ2n) is 6.44. The van der Waals surface area contributed by atoms with E-state index in [9.17, 15) is 14.3 Å². The molecule has 1 saturated carbocycles. The molecule has 1 N–H and O–H groups in total. The number of carbonyl (C=O) groups is 1. The highest BCUT2D eigenvalue weighted by molar-refractivity contribution is 5.86. The van der Waals surface area contributed by atoms with Crippen LogP contribution in [0.25, 0.3) is 0 Å². The van der Waals surface area contributed by atoms with Crippen molar-refractivity contribution in [3.05, 3.63) is 59.2 Å². The van der Waals surface area contributed by atoms with Gasteiger partial charge in [0, 0.05) is 12.2 Å². The first-order valence-electron chi connectivity index (χ1n) is 8.29. The van der Waals surface area contributed by atoms with Crippen molar-refractivity contribution in [2.24, 2.45) is 5.92 Å². The zero-order valence-corrected chi connectivity index (χ0v) is 13.2. The highest BCUT2D eigenvalue weighted by Gasteiger charge is 2.19. The molecule has 1 fully saturated rings. The van der Waals surface area contributed by atoms with Gasteiger partial charge in [0.25, 0.3) is 0 Å². The molecule has 1 aromatic carbocycles. The van der Waals surface area contributed by atoms with Gasteiger partial charge in [0.1, 0.15) is 11.5 Å². The average Bonchev–Trinajstić information content (AvgIpc) is 2.93. The lowest BCUT2D eigenvalue weighted by Gasteiger charge is -2.22. The third kappa shape index (κ3) is 3.81. The number of nitrogens with zero attached hydrogens (tertiary/aromatic N) is 1. The summed E-state index contributed by atoms with van der Waals surface area (Å²) in [6.07, 6.45) is 7.24. The Kier molecular flexibility index (Phi) is 4.79. The van der Waals surface area contributed by atoms with Gasteiger partial charge >= 0.3 is 5.97 Å². The van der Waals surface area contributed by atoms with E-state index in [4.69, 9.17) is 0 Å². The largest absolute Gasteiger partial charge is 0.477 e. The minimum atomic E-state index is -0.915. The maximum absolute atomic E-state index is 13.1. The first-order chi connectivity index (χ1) is 11.1. The Hall–Kier alpha value is -2.10. The van der Waals surface area contributed by atoms with Crippen molar-refractivity contribution in [1.82, 2.24) is 4.57 Å². The summed E-state index contributed by atoms with van der Waals surface area (Å²) in [4.78, 5) is 11.5. The van der Waals surface area contributed by atoms with Gasteiger partial charge in [-0.25, -0.2) is 9.18 Å². The molecule has 1 aliphatic rings. The van der Waals surface area contributed by atoms with E-state index in [-0.39, 0.29) is 5.82 Å². The molecule has 0 radical (unpaired) electrons. The van der Waals surface area contributed by atoms with Crippen LogP contribution in [0, 0.1) is 11.7 Å². The van der Waals surface area contributed by atoms with Crippen molar-refractivity contribution in [2.45, 2.75) is 45.1 Å². The summed E-state index contributed by atoms with van der Waals surface area (Å²) in [6.45, 7) is 0.469. The molecule has 0 unspecified atom stereocenters. The van der Waals surface area contributed by atoms with Crippen molar-refractivity contribution in [3.63, 3.8) is 0 Å². The van der Waals surface area contributed by atoms with Gasteiger partial charge in [0.2, 0.25) is 0 Å². The minimum absolute atomic E-state index is 0.276. The lowest BCUT2D eigenvalue weighted by Crippen LogP contribution is -2.16. The lowest BCUT2D eigenvalue weighted by atomic mass is 9.86. The molecule has 3 nitrogen and oxygen atoms in total. The SMILES string of the molecule is O=C(O)c1ccc(CC2CCCCC2)n1Cc1ccc(F)cc1. The summed E-state index contributed by atoms with van der Waals surface area (Å²) in [6, 6.07) is 9.88.